The van der Waals surface area contributed by atoms with E-state index in [0.717, 1.165) is 28.0 Å². The zero-order chi connectivity index (χ0) is 31.2. The lowest BCUT2D eigenvalue weighted by Crippen LogP contribution is -2.60. The van der Waals surface area contributed by atoms with Gasteiger partial charge >= 0.3 is 6.36 Å². The molecule has 0 radical (unpaired) electrons. The Morgan fingerprint density at radius 3 is 2.30 bits per heavy atom. The number of anilines is 1. The fraction of sp³-hybridized carbons (Fsp3) is 0.357. The first-order valence-electron chi connectivity index (χ1n) is 12.9. The summed E-state index contributed by atoms with van der Waals surface area (Å²) in [5.74, 6) is -8.47. The highest BCUT2D eigenvalue weighted by molar-refractivity contribution is 9.09. The van der Waals surface area contributed by atoms with Crippen molar-refractivity contribution >= 4 is 80.0 Å². The number of carbonyl (C=O) groups excluding carboxylic acids is 4. The summed E-state index contributed by atoms with van der Waals surface area (Å²) in [6.07, 6.45) is -3.79. The highest BCUT2D eigenvalue weighted by Crippen LogP contribution is 2.66. The second-order valence-electron chi connectivity index (χ2n) is 10.7. The number of amides is 4. The highest BCUT2D eigenvalue weighted by Gasteiger charge is 2.76. The second-order valence-corrected chi connectivity index (χ2v) is 12.9. The third-order valence-corrected chi connectivity index (χ3v) is 10.8. The molecule has 3 fully saturated rings. The number of hydrogen-bond acceptors (Lipinski definition) is 6. The van der Waals surface area contributed by atoms with Gasteiger partial charge in [-0.15, -0.1) is 36.4 Å². The van der Waals surface area contributed by atoms with Gasteiger partial charge in [0.2, 0.25) is 11.8 Å². The van der Waals surface area contributed by atoms with E-state index in [2.05, 4.69) is 20.7 Å². The monoisotopic (exact) mass is 720 g/mol. The van der Waals surface area contributed by atoms with Gasteiger partial charge in [0, 0.05) is 16.5 Å². The summed E-state index contributed by atoms with van der Waals surface area (Å²) < 4.78 is 43.5. The Labute approximate surface area is 265 Å². The molecule has 2 saturated heterocycles. The molecule has 4 aliphatic rings. The predicted octanol–water partition coefficient (Wildman–Crippen LogP) is 5.86. The number of benzene rings is 2. The molecule has 4 amide bonds. The van der Waals surface area contributed by atoms with E-state index in [-0.39, 0.29) is 29.5 Å². The summed E-state index contributed by atoms with van der Waals surface area (Å²) in [6, 6.07) is 8.76. The van der Waals surface area contributed by atoms with Crippen LogP contribution in [0.3, 0.4) is 0 Å². The number of rotatable bonds is 4. The van der Waals surface area contributed by atoms with Crippen LogP contribution < -0.4 is 9.64 Å². The van der Waals surface area contributed by atoms with E-state index in [1.165, 1.54) is 24.3 Å². The van der Waals surface area contributed by atoms with Gasteiger partial charge in [-0.25, -0.2) is 0 Å². The fourth-order valence-electron chi connectivity index (χ4n) is 6.90. The lowest BCUT2D eigenvalue weighted by atomic mass is 9.56. The Morgan fingerprint density at radius 2 is 1.67 bits per heavy atom. The normalized spacial score (nSPS) is 32.0. The minimum absolute atomic E-state index is 0.0215. The van der Waals surface area contributed by atoms with Crippen molar-refractivity contribution in [2.75, 3.05) is 10.4 Å². The van der Waals surface area contributed by atoms with Crippen LogP contribution in [0.2, 0.25) is 5.02 Å². The number of hydrogen-bond donors (Lipinski definition) is 1. The molecule has 0 aromatic heterocycles. The quantitative estimate of drug-likeness (QED) is 0.184. The largest absolute Gasteiger partial charge is 0.573 e. The minimum atomic E-state index is -5.08. The molecule has 6 unspecified atom stereocenters. The molecule has 1 N–H and O–H groups in total. The Morgan fingerprint density at radius 1 is 1.00 bits per heavy atom. The molecule has 43 heavy (non-hydrogen) atoms. The summed E-state index contributed by atoms with van der Waals surface area (Å²) in [7, 11) is 0. The third-order valence-electron chi connectivity index (χ3n) is 8.64. The Balaban J connectivity index is 1.53. The lowest BCUT2D eigenvalue weighted by molar-refractivity contribution is -0.274. The van der Waals surface area contributed by atoms with Crippen molar-refractivity contribution in [1.29, 1.82) is 0 Å². The molecular formula is C28H19BrCl3F3N2O6. The van der Waals surface area contributed by atoms with E-state index < -0.39 is 74.9 Å². The van der Waals surface area contributed by atoms with Crippen LogP contribution in [0.4, 0.5) is 18.9 Å². The molecule has 1 saturated carbocycles. The Kier molecular flexibility index (Phi) is 7.11. The van der Waals surface area contributed by atoms with Crippen molar-refractivity contribution in [1.82, 2.24) is 4.90 Å². The SMILES string of the molecule is O=C1C2CC=C3C(CC4(Cl)C(=O)N(CBr)C(=O)C4(Cl)C3c3cc(OC(F)(F)F)ccc3O)C2C(=O)N1c1ccc(Cl)cc1. The van der Waals surface area contributed by atoms with Gasteiger partial charge in [0.05, 0.1) is 23.0 Å². The van der Waals surface area contributed by atoms with Crippen molar-refractivity contribution in [3.63, 3.8) is 0 Å². The van der Waals surface area contributed by atoms with E-state index in [4.69, 9.17) is 34.8 Å². The number of nitrogens with zero attached hydrogens (tertiary/aromatic N) is 2. The first-order valence-corrected chi connectivity index (χ1v) is 15.1. The van der Waals surface area contributed by atoms with Gasteiger partial charge in [-0.3, -0.25) is 29.0 Å². The van der Waals surface area contributed by atoms with Gasteiger partial charge in [-0.05, 0) is 61.2 Å². The molecular weight excluding hydrogens is 704 g/mol. The highest BCUT2D eigenvalue weighted by atomic mass is 79.9. The summed E-state index contributed by atoms with van der Waals surface area (Å²) in [5.41, 5.74) is 0.0205. The molecule has 8 nitrogen and oxygen atoms in total. The number of ether oxygens (including phenoxy) is 1. The van der Waals surface area contributed by atoms with E-state index >= 15 is 0 Å². The van der Waals surface area contributed by atoms with E-state index in [1.54, 1.807) is 6.08 Å². The molecule has 2 aromatic rings. The second kappa shape index (κ2) is 10.1. The van der Waals surface area contributed by atoms with Gasteiger partial charge in [0.15, 0.2) is 9.75 Å². The summed E-state index contributed by atoms with van der Waals surface area (Å²) in [5, 5.41) is 11.3. The number of allylic oxidation sites excluding steroid dienone is 2. The lowest BCUT2D eigenvalue weighted by Gasteiger charge is -2.50. The fourth-order valence-corrected chi connectivity index (χ4v) is 8.45. The Hall–Kier alpha value is -2.80. The van der Waals surface area contributed by atoms with E-state index in [1.807, 2.05) is 0 Å². The summed E-state index contributed by atoms with van der Waals surface area (Å²) >= 11 is 23.2. The average Bonchev–Trinajstić information content (AvgIpc) is 3.27. The number of imide groups is 2. The summed E-state index contributed by atoms with van der Waals surface area (Å²) in [4.78, 5) is 52.3. The standard InChI is InChI=1S/C28H19BrCl3F3N2O6/c29-11-36-24(41)26(31)10-18-15(6-7-16-20(18)23(40)37(22(16)39)13-3-1-12(30)2-4-13)21(27(26,32)25(36)42)17-9-14(5-8-19(17)38)43-28(33,34)35/h1-6,8-9,16,18,20-21,38H,7,10-11H2. The molecule has 2 heterocycles. The van der Waals surface area contributed by atoms with Gasteiger partial charge in [-0.2, -0.15) is 0 Å². The van der Waals surface area contributed by atoms with Gasteiger partial charge < -0.3 is 9.84 Å². The van der Waals surface area contributed by atoms with Crippen molar-refractivity contribution in [3.8, 4) is 11.5 Å². The molecule has 2 aliphatic carbocycles. The first kappa shape index (κ1) is 30.2. The van der Waals surface area contributed by atoms with Gasteiger partial charge in [-0.1, -0.05) is 39.2 Å². The zero-order valence-corrected chi connectivity index (χ0v) is 25.4. The van der Waals surface area contributed by atoms with Crippen LogP contribution in [-0.4, -0.2) is 55.2 Å². The van der Waals surface area contributed by atoms with Crippen molar-refractivity contribution < 1.29 is 42.2 Å². The van der Waals surface area contributed by atoms with Crippen molar-refractivity contribution in [2.45, 2.75) is 34.9 Å². The molecule has 0 spiro atoms. The number of phenolic OH excluding ortho intramolecular Hbond substituents is 1. The van der Waals surface area contributed by atoms with Gasteiger partial charge in [0.1, 0.15) is 11.5 Å². The maximum Gasteiger partial charge on any atom is 0.573 e. The summed E-state index contributed by atoms with van der Waals surface area (Å²) in [6.45, 7) is 0. The van der Waals surface area contributed by atoms with E-state index in [0.29, 0.717) is 10.6 Å². The van der Waals surface area contributed by atoms with Crippen molar-refractivity contribution in [2.24, 2.45) is 17.8 Å². The number of aromatic hydroxyl groups is 1. The molecule has 2 aliphatic heterocycles. The third kappa shape index (κ3) is 4.31. The maximum atomic E-state index is 14.0. The molecule has 2 aromatic carbocycles. The zero-order valence-electron chi connectivity index (χ0n) is 21.6. The van der Waals surface area contributed by atoms with Crippen LogP contribution in [0.1, 0.15) is 24.3 Å². The van der Waals surface area contributed by atoms with Crippen LogP contribution in [0.5, 0.6) is 11.5 Å². The topological polar surface area (TPSA) is 104 Å². The molecule has 226 valence electrons. The van der Waals surface area contributed by atoms with Crippen LogP contribution in [0.25, 0.3) is 0 Å². The maximum absolute atomic E-state index is 14.0. The number of phenols is 1. The smallest absolute Gasteiger partial charge is 0.508 e. The number of carbonyl (C=O) groups is 4. The molecule has 6 rings (SSSR count). The number of halogens is 7. The number of likely N-dealkylation sites (tertiary alicyclic amines) is 1. The van der Waals surface area contributed by atoms with Crippen LogP contribution >= 0.6 is 50.7 Å². The van der Waals surface area contributed by atoms with Gasteiger partial charge in [0.25, 0.3) is 11.8 Å². The molecule has 15 heteroatoms. The number of alkyl halides is 6. The average molecular weight is 723 g/mol. The van der Waals surface area contributed by atoms with Crippen LogP contribution in [0, 0.1) is 17.8 Å². The van der Waals surface area contributed by atoms with Crippen LogP contribution in [0.15, 0.2) is 54.1 Å². The minimum Gasteiger partial charge on any atom is -0.508 e. The number of fused-ring (bicyclic) bond motifs is 4. The Bertz CT molecular complexity index is 1620. The van der Waals surface area contributed by atoms with Crippen LogP contribution in [-0.2, 0) is 19.2 Å². The predicted molar refractivity (Wildman–Crippen MR) is 152 cm³/mol. The molecule has 0 bridgehead atoms. The van der Waals surface area contributed by atoms with E-state index in [9.17, 15) is 37.5 Å². The van der Waals surface area contributed by atoms with Crippen molar-refractivity contribution in [3.05, 3.63) is 64.7 Å². The first-order chi connectivity index (χ1) is 20.1. The molecule has 6 atom stereocenters.